The van der Waals surface area contributed by atoms with Crippen LogP contribution in [0.2, 0.25) is 0 Å². The van der Waals surface area contributed by atoms with Gasteiger partial charge in [-0.25, -0.2) is 4.98 Å². The molecule has 28 heavy (non-hydrogen) atoms. The number of aromatic nitrogens is 2. The van der Waals surface area contributed by atoms with Gasteiger partial charge < -0.3 is 5.32 Å². The van der Waals surface area contributed by atoms with E-state index < -0.39 is 0 Å². The number of amides is 1. The maximum absolute atomic E-state index is 13.1. The summed E-state index contributed by atoms with van der Waals surface area (Å²) >= 11 is 2.94. The Morgan fingerprint density at radius 2 is 1.71 bits per heavy atom. The van der Waals surface area contributed by atoms with Crippen LogP contribution in [0.25, 0.3) is 11.3 Å². The SMILES string of the molecule is O=C(Nc1nc(-c2cccnc2)cs1)C(Sc1ccccc1)c1ccccc1. The van der Waals surface area contributed by atoms with Gasteiger partial charge in [-0.1, -0.05) is 48.5 Å². The van der Waals surface area contributed by atoms with Crippen LogP contribution in [-0.2, 0) is 4.79 Å². The molecule has 0 fully saturated rings. The number of benzene rings is 2. The first-order valence-electron chi connectivity index (χ1n) is 8.73. The second-order valence-corrected chi connectivity index (χ2v) is 8.03. The van der Waals surface area contributed by atoms with E-state index in [-0.39, 0.29) is 11.2 Å². The molecule has 4 aromatic rings. The van der Waals surface area contributed by atoms with E-state index in [1.807, 2.05) is 78.2 Å². The van der Waals surface area contributed by atoms with Gasteiger partial charge in [0.1, 0.15) is 5.25 Å². The first-order chi connectivity index (χ1) is 13.8. The third-order valence-corrected chi connectivity index (χ3v) is 6.05. The molecule has 2 aromatic heterocycles. The lowest BCUT2D eigenvalue weighted by Gasteiger charge is -2.16. The Morgan fingerprint density at radius 3 is 2.43 bits per heavy atom. The fourth-order valence-electron chi connectivity index (χ4n) is 2.68. The fraction of sp³-hybridized carbons (Fsp3) is 0.0455. The molecule has 0 aliphatic rings. The largest absolute Gasteiger partial charge is 0.301 e. The van der Waals surface area contributed by atoms with Crippen molar-refractivity contribution in [3.8, 4) is 11.3 Å². The second kappa shape index (κ2) is 8.82. The van der Waals surface area contributed by atoms with E-state index in [0.717, 1.165) is 21.7 Å². The van der Waals surface area contributed by atoms with Crippen LogP contribution in [0, 0.1) is 0 Å². The predicted octanol–water partition coefficient (Wildman–Crippen LogP) is 5.68. The monoisotopic (exact) mass is 403 g/mol. The first kappa shape index (κ1) is 18.4. The molecule has 1 amide bonds. The van der Waals surface area contributed by atoms with Crippen LogP contribution in [0.15, 0.2) is 95.5 Å². The standard InChI is InChI=1S/C22H17N3OS2/c26-21(25-22-24-19(15-27-22)17-10-7-13-23-14-17)20(16-8-3-1-4-9-16)28-18-11-5-2-6-12-18/h1-15,20H,(H,24,25,26). The normalized spacial score (nSPS) is 11.7. The van der Waals surface area contributed by atoms with Gasteiger partial charge in [0.2, 0.25) is 5.91 Å². The molecule has 138 valence electrons. The quantitative estimate of drug-likeness (QED) is 0.421. The zero-order valence-corrected chi connectivity index (χ0v) is 16.5. The Morgan fingerprint density at radius 1 is 0.964 bits per heavy atom. The van der Waals surface area contributed by atoms with Gasteiger partial charge in [0.15, 0.2) is 5.13 Å². The van der Waals surface area contributed by atoms with E-state index >= 15 is 0 Å². The van der Waals surface area contributed by atoms with Crippen LogP contribution in [0.5, 0.6) is 0 Å². The van der Waals surface area contributed by atoms with Crippen molar-refractivity contribution < 1.29 is 4.79 Å². The number of thiazole rings is 1. The van der Waals surface area contributed by atoms with Gasteiger partial charge in [-0.2, -0.15) is 0 Å². The molecular formula is C22H17N3OS2. The highest BCUT2D eigenvalue weighted by Gasteiger charge is 2.23. The Kier molecular flexibility index (Phi) is 5.80. The zero-order chi connectivity index (χ0) is 19.2. The van der Waals surface area contributed by atoms with E-state index in [1.54, 1.807) is 12.4 Å². The summed E-state index contributed by atoms with van der Waals surface area (Å²) in [4.78, 5) is 22.8. The summed E-state index contributed by atoms with van der Waals surface area (Å²) in [6, 6.07) is 23.6. The molecular weight excluding hydrogens is 386 g/mol. The summed E-state index contributed by atoms with van der Waals surface area (Å²) in [5, 5.41) is 5.12. The number of rotatable bonds is 6. The third-order valence-electron chi connectivity index (χ3n) is 4.03. The molecule has 1 unspecified atom stereocenters. The topological polar surface area (TPSA) is 54.9 Å². The van der Waals surface area contributed by atoms with E-state index in [9.17, 15) is 4.79 Å². The van der Waals surface area contributed by atoms with Crippen molar-refractivity contribution in [2.24, 2.45) is 0 Å². The summed E-state index contributed by atoms with van der Waals surface area (Å²) in [6.45, 7) is 0. The molecule has 4 rings (SSSR count). The maximum Gasteiger partial charge on any atom is 0.244 e. The van der Waals surface area contributed by atoms with Gasteiger partial charge in [0.05, 0.1) is 5.69 Å². The third kappa shape index (κ3) is 4.47. The lowest BCUT2D eigenvalue weighted by Crippen LogP contribution is -2.18. The van der Waals surface area contributed by atoms with Crippen molar-refractivity contribution >= 4 is 34.1 Å². The number of carbonyl (C=O) groups is 1. The van der Waals surface area contributed by atoms with Gasteiger partial charge in [0.25, 0.3) is 0 Å². The van der Waals surface area contributed by atoms with Crippen LogP contribution >= 0.6 is 23.1 Å². The number of hydrogen-bond donors (Lipinski definition) is 1. The summed E-state index contributed by atoms with van der Waals surface area (Å²) in [6.07, 6.45) is 3.49. The molecule has 1 atom stereocenters. The van der Waals surface area contributed by atoms with E-state index in [4.69, 9.17) is 0 Å². The molecule has 2 heterocycles. The molecule has 0 bridgehead atoms. The van der Waals surface area contributed by atoms with Crippen molar-refractivity contribution in [2.75, 3.05) is 5.32 Å². The minimum absolute atomic E-state index is 0.0906. The van der Waals surface area contributed by atoms with Crippen LogP contribution in [0.3, 0.4) is 0 Å². The number of anilines is 1. The maximum atomic E-state index is 13.1. The van der Waals surface area contributed by atoms with E-state index in [0.29, 0.717) is 5.13 Å². The van der Waals surface area contributed by atoms with Crippen molar-refractivity contribution in [3.63, 3.8) is 0 Å². The highest BCUT2D eigenvalue weighted by atomic mass is 32.2. The Labute approximate surface area is 171 Å². The second-order valence-electron chi connectivity index (χ2n) is 5.99. The molecule has 1 N–H and O–H groups in total. The smallest absolute Gasteiger partial charge is 0.244 e. The first-order valence-corrected chi connectivity index (χ1v) is 10.5. The average molecular weight is 404 g/mol. The number of nitrogens with zero attached hydrogens (tertiary/aromatic N) is 2. The summed E-state index contributed by atoms with van der Waals surface area (Å²) in [5.74, 6) is -0.0906. The average Bonchev–Trinajstić information content (AvgIpc) is 3.22. The Bertz CT molecular complexity index is 1040. The Hall–Kier alpha value is -2.96. The van der Waals surface area contributed by atoms with Crippen molar-refractivity contribution in [2.45, 2.75) is 10.1 Å². The van der Waals surface area contributed by atoms with Crippen LogP contribution in [-0.4, -0.2) is 15.9 Å². The van der Waals surface area contributed by atoms with E-state index in [1.165, 1.54) is 23.1 Å². The minimum Gasteiger partial charge on any atom is -0.301 e. The molecule has 0 aliphatic heterocycles. The number of thioether (sulfide) groups is 1. The molecule has 4 nitrogen and oxygen atoms in total. The molecule has 6 heteroatoms. The van der Waals surface area contributed by atoms with Crippen LogP contribution in [0.1, 0.15) is 10.8 Å². The summed E-state index contributed by atoms with van der Waals surface area (Å²) < 4.78 is 0. The highest BCUT2D eigenvalue weighted by molar-refractivity contribution is 8.00. The van der Waals surface area contributed by atoms with Gasteiger partial charge in [0, 0.05) is 28.2 Å². The Balaban J connectivity index is 1.55. The number of pyridine rings is 1. The summed E-state index contributed by atoms with van der Waals surface area (Å²) in [5.41, 5.74) is 2.69. The van der Waals surface area contributed by atoms with Gasteiger partial charge in [-0.3, -0.25) is 9.78 Å². The molecule has 0 saturated heterocycles. The lowest BCUT2D eigenvalue weighted by atomic mass is 10.1. The zero-order valence-electron chi connectivity index (χ0n) is 14.9. The number of carbonyl (C=O) groups excluding carboxylic acids is 1. The molecule has 0 saturated carbocycles. The molecule has 0 radical (unpaired) electrons. The van der Waals surface area contributed by atoms with Crippen LogP contribution < -0.4 is 5.32 Å². The lowest BCUT2D eigenvalue weighted by molar-refractivity contribution is -0.115. The van der Waals surface area contributed by atoms with Gasteiger partial charge in [-0.15, -0.1) is 23.1 Å². The number of nitrogens with one attached hydrogen (secondary N) is 1. The van der Waals surface area contributed by atoms with E-state index in [2.05, 4.69) is 15.3 Å². The van der Waals surface area contributed by atoms with Crippen molar-refractivity contribution in [3.05, 3.63) is 96.1 Å². The van der Waals surface area contributed by atoms with Crippen molar-refractivity contribution in [1.82, 2.24) is 9.97 Å². The molecule has 2 aromatic carbocycles. The van der Waals surface area contributed by atoms with Crippen molar-refractivity contribution in [1.29, 1.82) is 0 Å². The van der Waals surface area contributed by atoms with Gasteiger partial charge >= 0.3 is 0 Å². The minimum atomic E-state index is -0.366. The van der Waals surface area contributed by atoms with Gasteiger partial charge in [-0.05, 0) is 29.8 Å². The molecule has 0 aliphatic carbocycles. The predicted molar refractivity (Wildman–Crippen MR) is 115 cm³/mol. The molecule has 0 spiro atoms. The fourth-order valence-corrected chi connectivity index (χ4v) is 4.45. The van der Waals surface area contributed by atoms with Crippen LogP contribution in [0.4, 0.5) is 5.13 Å². The highest BCUT2D eigenvalue weighted by Crippen LogP contribution is 2.36. The summed E-state index contributed by atoms with van der Waals surface area (Å²) in [7, 11) is 0. The number of hydrogen-bond acceptors (Lipinski definition) is 5.